The summed E-state index contributed by atoms with van der Waals surface area (Å²) in [6.07, 6.45) is 1.20. The zero-order valence-corrected chi connectivity index (χ0v) is 9.33. The smallest absolute Gasteiger partial charge is 0.175 e. The fraction of sp³-hybridized carbons (Fsp3) is 0.333. The van der Waals surface area contributed by atoms with Gasteiger partial charge in [0, 0.05) is 11.3 Å². The van der Waals surface area contributed by atoms with Gasteiger partial charge in [0.25, 0.3) is 0 Å². The van der Waals surface area contributed by atoms with Crippen LogP contribution in [0.2, 0.25) is 5.02 Å². The maximum absolute atomic E-state index is 11.3. The van der Waals surface area contributed by atoms with E-state index in [1.165, 1.54) is 6.26 Å². The van der Waals surface area contributed by atoms with Gasteiger partial charge in [-0.2, -0.15) is 0 Å². The van der Waals surface area contributed by atoms with Gasteiger partial charge < -0.3 is 0 Å². The second-order valence-electron chi connectivity index (χ2n) is 3.14. The minimum atomic E-state index is -3.13. The molecule has 4 heteroatoms. The van der Waals surface area contributed by atoms with Crippen LogP contribution < -0.4 is 0 Å². The molecule has 0 aliphatic heterocycles. The number of aryl methyl sites for hydroxylation is 2. The molecule has 13 heavy (non-hydrogen) atoms. The van der Waals surface area contributed by atoms with Gasteiger partial charge in [0.1, 0.15) is 0 Å². The Hall–Kier alpha value is -0.540. The minimum absolute atomic E-state index is 0.356. The van der Waals surface area contributed by atoms with Crippen molar-refractivity contribution in [3.63, 3.8) is 0 Å². The Kier molecular flexibility index (Phi) is 2.68. The number of hydrogen-bond acceptors (Lipinski definition) is 2. The number of benzene rings is 1. The first kappa shape index (κ1) is 10.5. The van der Waals surface area contributed by atoms with Crippen LogP contribution in [-0.2, 0) is 9.84 Å². The highest BCUT2D eigenvalue weighted by molar-refractivity contribution is 7.90. The van der Waals surface area contributed by atoms with Gasteiger partial charge in [-0.1, -0.05) is 11.6 Å². The van der Waals surface area contributed by atoms with Crippen molar-refractivity contribution in [1.29, 1.82) is 0 Å². The van der Waals surface area contributed by atoms with Crippen LogP contribution in [0.25, 0.3) is 0 Å². The average Bonchev–Trinajstić information content (AvgIpc) is 1.94. The molecule has 72 valence electrons. The molecule has 0 amide bonds. The second kappa shape index (κ2) is 3.31. The van der Waals surface area contributed by atoms with E-state index in [-0.39, 0.29) is 0 Å². The quantitative estimate of drug-likeness (QED) is 0.725. The van der Waals surface area contributed by atoms with Crippen LogP contribution in [0.1, 0.15) is 11.1 Å². The molecule has 0 aliphatic carbocycles. The Morgan fingerprint density at radius 1 is 1.15 bits per heavy atom. The van der Waals surface area contributed by atoms with Crippen LogP contribution in [0, 0.1) is 13.8 Å². The van der Waals surface area contributed by atoms with Gasteiger partial charge in [-0.15, -0.1) is 0 Å². The second-order valence-corrected chi connectivity index (χ2v) is 5.53. The van der Waals surface area contributed by atoms with Crippen LogP contribution in [0.4, 0.5) is 0 Å². The molecule has 0 bridgehead atoms. The van der Waals surface area contributed by atoms with Gasteiger partial charge in [0.05, 0.1) is 4.90 Å². The van der Waals surface area contributed by atoms with Crippen LogP contribution >= 0.6 is 11.6 Å². The van der Waals surface area contributed by atoms with Crippen molar-refractivity contribution in [3.8, 4) is 0 Å². The Labute approximate surface area is 83.5 Å². The molecule has 0 spiro atoms. The maximum Gasteiger partial charge on any atom is 0.175 e. The summed E-state index contributed by atoms with van der Waals surface area (Å²) in [4.78, 5) is 0.356. The van der Waals surface area contributed by atoms with Crippen molar-refractivity contribution < 1.29 is 8.42 Å². The number of sulfone groups is 1. The summed E-state index contributed by atoms with van der Waals surface area (Å²) >= 11 is 5.84. The van der Waals surface area contributed by atoms with E-state index in [9.17, 15) is 8.42 Å². The van der Waals surface area contributed by atoms with Crippen molar-refractivity contribution in [1.82, 2.24) is 0 Å². The highest BCUT2D eigenvalue weighted by Gasteiger charge is 2.12. The molecule has 2 nitrogen and oxygen atoms in total. The first-order valence-electron chi connectivity index (χ1n) is 3.79. The molecule has 0 N–H and O–H groups in total. The van der Waals surface area contributed by atoms with Gasteiger partial charge in [-0.3, -0.25) is 0 Å². The molecule has 0 radical (unpaired) electrons. The first-order chi connectivity index (χ1) is 5.82. The molecule has 0 saturated heterocycles. The normalized spacial score (nSPS) is 11.7. The summed E-state index contributed by atoms with van der Waals surface area (Å²) in [5.41, 5.74) is 1.48. The average molecular weight is 219 g/mol. The first-order valence-corrected chi connectivity index (χ1v) is 6.06. The van der Waals surface area contributed by atoms with E-state index in [1.807, 2.05) is 0 Å². The molecule has 0 atom stereocenters. The molecule has 0 saturated carbocycles. The monoisotopic (exact) mass is 218 g/mol. The lowest BCUT2D eigenvalue weighted by Gasteiger charge is -2.06. The van der Waals surface area contributed by atoms with Crippen LogP contribution in [0.5, 0.6) is 0 Å². The number of halogens is 1. The Bertz CT molecular complexity index is 435. The van der Waals surface area contributed by atoms with Gasteiger partial charge in [-0.05, 0) is 37.1 Å². The summed E-state index contributed by atoms with van der Waals surface area (Å²) in [5.74, 6) is 0. The molecule has 0 aliphatic rings. The molecule has 0 fully saturated rings. The third-order valence-corrected chi connectivity index (χ3v) is 3.50. The summed E-state index contributed by atoms with van der Waals surface area (Å²) in [6.45, 7) is 3.53. The number of rotatable bonds is 1. The topological polar surface area (TPSA) is 34.1 Å². The molecule has 1 rings (SSSR count). The van der Waals surface area contributed by atoms with E-state index in [1.54, 1.807) is 26.0 Å². The standard InChI is InChI=1S/C9H11ClO2S/c1-6-5-9(13(3,11)12)7(2)4-8(6)10/h4-5H,1-3H3. The lowest BCUT2D eigenvalue weighted by Crippen LogP contribution is -2.00. The zero-order chi connectivity index (χ0) is 10.2. The highest BCUT2D eigenvalue weighted by Crippen LogP contribution is 2.23. The van der Waals surface area contributed by atoms with Crippen LogP contribution in [-0.4, -0.2) is 14.7 Å². The van der Waals surface area contributed by atoms with E-state index in [2.05, 4.69) is 0 Å². The zero-order valence-electron chi connectivity index (χ0n) is 7.76. The van der Waals surface area contributed by atoms with Crippen molar-refractivity contribution in [2.45, 2.75) is 18.7 Å². The van der Waals surface area contributed by atoms with Crippen LogP contribution in [0.3, 0.4) is 0 Å². The molecular formula is C9H11ClO2S. The Morgan fingerprint density at radius 3 is 2.15 bits per heavy atom. The Balaban J connectivity index is 3.50. The van der Waals surface area contributed by atoms with Gasteiger partial charge in [-0.25, -0.2) is 8.42 Å². The summed E-state index contributed by atoms with van der Waals surface area (Å²) in [6, 6.07) is 3.28. The molecular weight excluding hydrogens is 208 g/mol. The third kappa shape index (κ3) is 2.23. The van der Waals surface area contributed by atoms with Crippen molar-refractivity contribution >= 4 is 21.4 Å². The SMILES string of the molecule is Cc1cc(S(C)(=O)=O)c(C)cc1Cl. The summed E-state index contributed by atoms with van der Waals surface area (Å²) in [7, 11) is -3.13. The predicted molar refractivity (Wildman–Crippen MR) is 54.0 cm³/mol. The largest absolute Gasteiger partial charge is 0.224 e. The minimum Gasteiger partial charge on any atom is -0.224 e. The lowest BCUT2D eigenvalue weighted by atomic mass is 10.2. The van der Waals surface area contributed by atoms with Gasteiger partial charge >= 0.3 is 0 Å². The van der Waals surface area contributed by atoms with Crippen LogP contribution in [0.15, 0.2) is 17.0 Å². The van der Waals surface area contributed by atoms with Crippen molar-refractivity contribution in [3.05, 3.63) is 28.3 Å². The molecule has 1 aromatic rings. The van der Waals surface area contributed by atoms with E-state index in [0.717, 1.165) is 5.56 Å². The Morgan fingerprint density at radius 2 is 1.69 bits per heavy atom. The fourth-order valence-electron chi connectivity index (χ4n) is 1.15. The van der Waals surface area contributed by atoms with E-state index >= 15 is 0 Å². The summed E-state index contributed by atoms with van der Waals surface area (Å²) < 4.78 is 22.5. The van der Waals surface area contributed by atoms with E-state index in [0.29, 0.717) is 15.5 Å². The fourth-order valence-corrected chi connectivity index (χ4v) is 2.41. The van der Waals surface area contributed by atoms with E-state index in [4.69, 9.17) is 11.6 Å². The van der Waals surface area contributed by atoms with Crippen molar-refractivity contribution in [2.75, 3.05) is 6.26 Å². The number of hydrogen-bond donors (Lipinski definition) is 0. The molecule has 0 heterocycles. The highest BCUT2D eigenvalue weighted by atomic mass is 35.5. The lowest BCUT2D eigenvalue weighted by molar-refractivity contribution is 0.601. The molecule has 0 aromatic heterocycles. The van der Waals surface area contributed by atoms with Crippen molar-refractivity contribution in [2.24, 2.45) is 0 Å². The van der Waals surface area contributed by atoms with Gasteiger partial charge in [0.2, 0.25) is 0 Å². The van der Waals surface area contributed by atoms with E-state index < -0.39 is 9.84 Å². The summed E-state index contributed by atoms with van der Waals surface area (Å²) in [5, 5.41) is 0.602. The molecule has 0 unspecified atom stereocenters. The maximum atomic E-state index is 11.3. The molecule has 1 aromatic carbocycles. The third-order valence-electron chi connectivity index (χ3n) is 1.86. The predicted octanol–water partition coefficient (Wildman–Crippen LogP) is 2.36. The van der Waals surface area contributed by atoms with Gasteiger partial charge in [0.15, 0.2) is 9.84 Å².